The van der Waals surface area contributed by atoms with Crippen LogP contribution in [0.15, 0.2) is 12.1 Å². The van der Waals surface area contributed by atoms with Gasteiger partial charge in [-0.25, -0.2) is 0 Å². The molecule has 3 saturated heterocycles. The van der Waals surface area contributed by atoms with Crippen LogP contribution in [0.2, 0.25) is 5.02 Å². The van der Waals surface area contributed by atoms with Crippen molar-refractivity contribution < 1.29 is 9.53 Å². The largest absolute Gasteiger partial charge is 0.496 e. The summed E-state index contributed by atoms with van der Waals surface area (Å²) < 4.78 is 5.35. The molecule has 3 heterocycles. The summed E-state index contributed by atoms with van der Waals surface area (Å²) in [5.74, 6) is 1.01. The van der Waals surface area contributed by atoms with Crippen molar-refractivity contribution in [1.29, 1.82) is 0 Å². The lowest BCUT2D eigenvalue weighted by molar-refractivity contribution is 0.0619. The van der Waals surface area contributed by atoms with Crippen LogP contribution in [-0.4, -0.2) is 50.6 Å². The van der Waals surface area contributed by atoms with E-state index in [4.69, 9.17) is 16.3 Å². The molecule has 1 atom stereocenters. The number of carbonyl (C=O) groups is 1. The van der Waals surface area contributed by atoms with Gasteiger partial charge in [0, 0.05) is 25.7 Å². The number of ether oxygens (including phenoxy) is 1. The van der Waals surface area contributed by atoms with Crippen molar-refractivity contribution in [1.82, 2.24) is 10.2 Å². The number of halogens is 2. The van der Waals surface area contributed by atoms with Gasteiger partial charge < -0.3 is 20.3 Å². The van der Waals surface area contributed by atoms with E-state index in [0.29, 0.717) is 22.3 Å². The molecule has 0 spiro atoms. The molecular formula is C16H23Cl2N3O2. The minimum absolute atomic E-state index is 0. The van der Waals surface area contributed by atoms with Crippen LogP contribution in [0, 0.1) is 5.92 Å². The summed E-state index contributed by atoms with van der Waals surface area (Å²) in [7, 11) is 3.35. The minimum Gasteiger partial charge on any atom is -0.496 e. The Morgan fingerprint density at radius 3 is 2.57 bits per heavy atom. The fraction of sp³-hybridized carbons (Fsp3) is 0.562. The van der Waals surface area contributed by atoms with Crippen LogP contribution < -0.4 is 15.4 Å². The Morgan fingerprint density at radius 2 is 2.04 bits per heavy atom. The molecule has 0 aliphatic carbocycles. The van der Waals surface area contributed by atoms with Crippen LogP contribution >= 0.6 is 24.0 Å². The van der Waals surface area contributed by atoms with Gasteiger partial charge >= 0.3 is 0 Å². The van der Waals surface area contributed by atoms with Crippen molar-refractivity contribution >= 4 is 35.6 Å². The van der Waals surface area contributed by atoms with Crippen LogP contribution in [0.3, 0.4) is 0 Å². The molecule has 0 radical (unpaired) electrons. The van der Waals surface area contributed by atoms with Crippen LogP contribution in [0.4, 0.5) is 5.69 Å². The maximum Gasteiger partial charge on any atom is 0.255 e. The molecule has 3 aliphatic rings. The Bertz CT molecular complexity index is 575. The second-order valence-corrected chi connectivity index (χ2v) is 6.41. The number of nitrogens with one attached hydrogen (secondary N) is 2. The normalized spacial score (nSPS) is 25.4. The molecular weight excluding hydrogens is 337 g/mol. The summed E-state index contributed by atoms with van der Waals surface area (Å²) in [6, 6.07) is 3.65. The van der Waals surface area contributed by atoms with E-state index >= 15 is 0 Å². The maximum atomic E-state index is 12.6. The number of carbonyl (C=O) groups excluding carboxylic acids is 1. The van der Waals surface area contributed by atoms with Crippen molar-refractivity contribution in [3.8, 4) is 5.75 Å². The first-order valence-electron chi connectivity index (χ1n) is 7.71. The van der Waals surface area contributed by atoms with Crippen molar-refractivity contribution in [3.63, 3.8) is 0 Å². The van der Waals surface area contributed by atoms with Gasteiger partial charge in [0.1, 0.15) is 5.75 Å². The molecule has 3 fully saturated rings. The van der Waals surface area contributed by atoms with E-state index in [1.807, 2.05) is 0 Å². The number of methoxy groups -OCH3 is 1. The molecule has 3 aliphatic heterocycles. The molecule has 1 unspecified atom stereocenters. The second kappa shape index (κ2) is 7.60. The molecule has 0 saturated carbocycles. The van der Waals surface area contributed by atoms with Gasteiger partial charge in [-0.05, 0) is 37.9 Å². The molecule has 0 aromatic heterocycles. The van der Waals surface area contributed by atoms with Crippen LogP contribution in [0.5, 0.6) is 5.75 Å². The number of rotatable bonds is 4. The number of benzene rings is 1. The standard InChI is InChI=1S/C16H22ClN3O2.ClH/c1-18-13-8-15(22-2)11(7-12(13)17)16(21)19-14-9-20-5-3-10(14)4-6-20;/h7-8,10,14,18H,3-6,9H2,1-2H3,(H,19,21);1H. The minimum atomic E-state index is -0.111. The average Bonchev–Trinajstić information content (AvgIpc) is 2.55. The zero-order valence-electron chi connectivity index (χ0n) is 13.4. The number of nitrogens with zero attached hydrogens (tertiary/aromatic N) is 1. The highest BCUT2D eigenvalue weighted by Crippen LogP contribution is 2.32. The van der Waals surface area contributed by atoms with Crippen LogP contribution in [0.1, 0.15) is 23.2 Å². The van der Waals surface area contributed by atoms with Crippen LogP contribution in [-0.2, 0) is 0 Å². The fourth-order valence-electron chi connectivity index (χ4n) is 3.47. The van der Waals surface area contributed by atoms with Gasteiger partial charge in [0.05, 0.1) is 23.4 Å². The predicted octanol–water partition coefficient (Wildman–Crippen LogP) is 2.64. The lowest BCUT2D eigenvalue weighted by Gasteiger charge is -2.44. The third kappa shape index (κ3) is 3.67. The molecule has 2 bridgehead atoms. The fourth-order valence-corrected chi connectivity index (χ4v) is 3.72. The van der Waals surface area contributed by atoms with Gasteiger partial charge in [0.25, 0.3) is 5.91 Å². The van der Waals surface area contributed by atoms with Crippen LogP contribution in [0.25, 0.3) is 0 Å². The molecule has 1 amide bonds. The molecule has 7 heteroatoms. The van der Waals surface area contributed by atoms with Crippen molar-refractivity contribution in [2.24, 2.45) is 5.92 Å². The molecule has 128 valence electrons. The van der Waals surface area contributed by atoms with Gasteiger partial charge in [-0.2, -0.15) is 0 Å². The molecule has 23 heavy (non-hydrogen) atoms. The van der Waals surface area contributed by atoms with E-state index in [0.717, 1.165) is 25.3 Å². The van der Waals surface area contributed by atoms with Crippen molar-refractivity contribution in [2.45, 2.75) is 18.9 Å². The average molecular weight is 360 g/mol. The van der Waals surface area contributed by atoms with Gasteiger partial charge in [0.2, 0.25) is 0 Å². The highest BCUT2D eigenvalue weighted by molar-refractivity contribution is 6.33. The quantitative estimate of drug-likeness (QED) is 0.867. The van der Waals surface area contributed by atoms with Crippen molar-refractivity contribution in [3.05, 3.63) is 22.7 Å². The number of hydrogen-bond donors (Lipinski definition) is 2. The third-order valence-corrected chi connectivity index (χ3v) is 5.09. The van der Waals surface area contributed by atoms with E-state index in [9.17, 15) is 4.79 Å². The summed E-state index contributed by atoms with van der Waals surface area (Å²) in [6.07, 6.45) is 2.34. The van der Waals surface area contributed by atoms with E-state index in [1.165, 1.54) is 12.8 Å². The Labute approximate surface area is 148 Å². The number of amides is 1. The first-order valence-corrected chi connectivity index (χ1v) is 8.08. The molecule has 5 nitrogen and oxygen atoms in total. The summed E-state index contributed by atoms with van der Waals surface area (Å²) in [6.45, 7) is 3.26. The predicted molar refractivity (Wildman–Crippen MR) is 95.2 cm³/mol. The first kappa shape index (κ1) is 18.2. The smallest absolute Gasteiger partial charge is 0.255 e. The Kier molecular flexibility index (Phi) is 6.00. The maximum absolute atomic E-state index is 12.6. The monoisotopic (exact) mass is 359 g/mol. The zero-order valence-corrected chi connectivity index (χ0v) is 15.0. The SMILES string of the molecule is CNc1cc(OC)c(C(=O)NC2CN3CCC2CC3)cc1Cl.Cl. The first-order chi connectivity index (χ1) is 10.6. The molecule has 1 aromatic carbocycles. The lowest BCUT2D eigenvalue weighted by Crippen LogP contribution is -2.57. The third-order valence-electron chi connectivity index (χ3n) is 4.78. The molecule has 4 rings (SSSR count). The van der Waals surface area contributed by atoms with Gasteiger partial charge in [-0.3, -0.25) is 4.79 Å². The highest BCUT2D eigenvalue weighted by atomic mass is 35.5. The number of anilines is 1. The Balaban J connectivity index is 0.00000192. The second-order valence-electron chi connectivity index (χ2n) is 6.00. The van der Waals surface area contributed by atoms with E-state index < -0.39 is 0 Å². The summed E-state index contributed by atoms with van der Waals surface area (Å²) in [5.41, 5.74) is 1.24. The lowest BCUT2D eigenvalue weighted by atomic mass is 9.84. The Hall–Kier alpha value is -1.17. The van der Waals surface area contributed by atoms with Gasteiger partial charge in [-0.15, -0.1) is 12.4 Å². The summed E-state index contributed by atoms with van der Waals surface area (Å²) in [4.78, 5) is 15.0. The Morgan fingerprint density at radius 1 is 1.35 bits per heavy atom. The molecule has 1 aromatic rings. The van der Waals surface area contributed by atoms with Gasteiger partial charge in [-0.1, -0.05) is 11.6 Å². The summed E-state index contributed by atoms with van der Waals surface area (Å²) >= 11 is 6.20. The number of hydrogen-bond acceptors (Lipinski definition) is 4. The van der Waals surface area contributed by atoms with E-state index in [-0.39, 0.29) is 24.4 Å². The van der Waals surface area contributed by atoms with E-state index in [1.54, 1.807) is 26.3 Å². The van der Waals surface area contributed by atoms with Crippen molar-refractivity contribution in [2.75, 3.05) is 39.1 Å². The molecule has 2 N–H and O–H groups in total. The zero-order chi connectivity index (χ0) is 15.7. The topological polar surface area (TPSA) is 53.6 Å². The summed E-state index contributed by atoms with van der Waals surface area (Å²) in [5, 5.41) is 6.67. The highest BCUT2D eigenvalue weighted by Gasteiger charge is 2.35. The van der Waals surface area contributed by atoms with Gasteiger partial charge in [0.15, 0.2) is 0 Å². The number of piperidine rings is 3. The van der Waals surface area contributed by atoms with E-state index in [2.05, 4.69) is 15.5 Å². The number of fused-ring (bicyclic) bond motifs is 3.